The summed E-state index contributed by atoms with van der Waals surface area (Å²) >= 11 is 0. The number of aliphatic hydroxyl groups excluding tert-OH is 1. The average molecular weight is 252 g/mol. The predicted molar refractivity (Wildman–Crippen MR) is 69.4 cm³/mol. The Hall–Kier alpha value is -0.970. The molecule has 1 aromatic carbocycles. The number of hydrogen-bond donors (Lipinski definition) is 2. The zero-order valence-electron chi connectivity index (χ0n) is 10.8. The van der Waals surface area contributed by atoms with Gasteiger partial charge in [0.2, 0.25) is 0 Å². The fraction of sp³-hybridized carbons (Fsp3) is 0.571. The third-order valence-electron chi connectivity index (χ3n) is 3.75. The molecule has 3 nitrogen and oxygen atoms in total. The molecule has 0 bridgehead atoms. The smallest absolute Gasteiger partial charge is 0.128 e. The van der Waals surface area contributed by atoms with Gasteiger partial charge in [0.1, 0.15) is 5.82 Å². The molecule has 18 heavy (non-hydrogen) atoms. The molecule has 1 aliphatic rings. The Kier molecular flexibility index (Phi) is 4.32. The first kappa shape index (κ1) is 13.5. The molecule has 0 spiro atoms. The Morgan fingerprint density at radius 2 is 2.28 bits per heavy atom. The maximum absolute atomic E-state index is 13.8. The molecule has 0 aromatic heterocycles. The molecule has 1 aromatic rings. The van der Waals surface area contributed by atoms with Crippen molar-refractivity contribution in [3.63, 3.8) is 0 Å². The minimum absolute atomic E-state index is 0.203. The lowest BCUT2D eigenvalue weighted by atomic mass is 9.95. The minimum Gasteiger partial charge on any atom is -0.392 e. The summed E-state index contributed by atoms with van der Waals surface area (Å²) in [4.78, 5) is 2.10. The van der Waals surface area contributed by atoms with E-state index in [0.717, 1.165) is 18.5 Å². The molecular weight excluding hydrogens is 231 g/mol. The van der Waals surface area contributed by atoms with Crippen molar-refractivity contribution in [2.75, 3.05) is 13.1 Å². The number of nitrogens with two attached hydrogens (primary N) is 1. The zero-order chi connectivity index (χ0) is 13.1. The van der Waals surface area contributed by atoms with Crippen LogP contribution in [0, 0.1) is 11.7 Å². The van der Waals surface area contributed by atoms with Gasteiger partial charge in [-0.05, 0) is 30.5 Å². The first-order chi connectivity index (χ1) is 8.60. The minimum atomic E-state index is -0.301. The van der Waals surface area contributed by atoms with E-state index in [9.17, 15) is 9.50 Å². The first-order valence-corrected chi connectivity index (χ1v) is 6.48. The maximum Gasteiger partial charge on any atom is 0.128 e. The monoisotopic (exact) mass is 252 g/mol. The summed E-state index contributed by atoms with van der Waals surface area (Å²) in [5.74, 6) is 0.136. The van der Waals surface area contributed by atoms with E-state index < -0.39 is 0 Å². The number of halogens is 1. The maximum atomic E-state index is 13.8. The van der Waals surface area contributed by atoms with E-state index in [1.165, 1.54) is 6.07 Å². The van der Waals surface area contributed by atoms with Crippen molar-refractivity contribution in [2.45, 2.75) is 32.5 Å². The number of rotatable bonds is 3. The van der Waals surface area contributed by atoms with Crippen LogP contribution in [0.25, 0.3) is 0 Å². The highest BCUT2D eigenvalue weighted by atomic mass is 19.1. The van der Waals surface area contributed by atoms with E-state index in [1.807, 2.05) is 6.07 Å². The Labute approximate surface area is 107 Å². The van der Waals surface area contributed by atoms with Crippen LogP contribution in [-0.2, 0) is 13.1 Å². The second kappa shape index (κ2) is 5.78. The van der Waals surface area contributed by atoms with Gasteiger partial charge in [0.25, 0.3) is 0 Å². The van der Waals surface area contributed by atoms with E-state index in [-0.39, 0.29) is 11.9 Å². The normalized spacial score (nSPS) is 25.3. The highest BCUT2D eigenvalue weighted by Gasteiger charge is 2.24. The molecule has 1 fully saturated rings. The fourth-order valence-corrected chi connectivity index (χ4v) is 2.34. The summed E-state index contributed by atoms with van der Waals surface area (Å²) in [5.41, 5.74) is 6.96. The fourth-order valence-electron chi connectivity index (χ4n) is 2.34. The number of β-amino-alcohol motifs (C(OH)–C–C–N with tert-alkyl or cyclic N) is 1. The molecule has 3 N–H and O–H groups in total. The quantitative estimate of drug-likeness (QED) is 0.857. The zero-order valence-corrected chi connectivity index (χ0v) is 10.8. The molecule has 2 rings (SSSR count). The van der Waals surface area contributed by atoms with Gasteiger partial charge in [-0.25, -0.2) is 4.39 Å². The van der Waals surface area contributed by atoms with Crippen LogP contribution in [-0.4, -0.2) is 29.2 Å². The van der Waals surface area contributed by atoms with Crippen LogP contribution in [0.5, 0.6) is 0 Å². The topological polar surface area (TPSA) is 49.5 Å². The highest BCUT2D eigenvalue weighted by molar-refractivity contribution is 5.24. The number of aliphatic hydroxyl groups is 1. The third kappa shape index (κ3) is 3.07. The van der Waals surface area contributed by atoms with Gasteiger partial charge in [0, 0.05) is 25.2 Å². The molecule has 1 aliphatic heterocycles. The van der Waals surface area contributed by atoms with Gasteiger partial charge in [-0.2, -0.15) is 0 Å². The Bertz CT molecular complexity index is 411. The predicted octanol–water partition coefficient (Wildman–Crippen LogP) is 1.49. The Morgan fingerprint density at radius 3 is 2.89 bits per heavy atom. The SMILES string of the molecule is CC1CCN(Cc2ccc(CN)cc2F)CC1O. The molecule has 1 saturated heterocycles. The van der Waals surface area contributed by atoms with Crippen molar-refractivity contribution < 1.29 is 9.50 Å². The number of hydrogen-bond acceptors (Lipinski definition) is 3. The largest absolute Gasteiger partial charge is 0.392 e. The summed E-state index contributed by atoms with van der Waals surface area (Å²) in [6, 6.07) is 5.15. The van der Waals surface area contributed by atoms with Gasteiger partial charge < -0.3 is 10.8 Å². The van der Waals surface area contributed by atoms with Crippen molar-refractivity contribution in [1.29, 1.82) is 0 Å². The molecule has 1 heterocycles. The summed E-state index contributed by atoms with van der Waals surface area (Å²) in [6.07, 6.45) is 0.661. The van der Waals surface area contributed by atoms with Gasteiger partial charge in [0.05, 0.1) is 6.10 Å². The molecule has 0 aliphatic carbocycles. The van der Waals surface area contributed by atoms with Crippen LogP contribution in [0.15, 0.2) is 18.2 Å². The van der Waals surface area contributed by atoms with Crippen molar-refractivity contribution in [3.05, 3.63) is 35.1 Å². The van der Waals surface area contributed by atoms with Crippen molar-refractivity contribution in [3.8, 4) is 0 Å². The third-order valence-corrected chi connectivity index (χ3v) is 3.75. The lowest BCUT2D eigenvalue weighted by Crippen LogP contribution is -2.42. The summed E-state index contributed by atoms with van der Waals surface area (Å²) in [5, 5.41) is 9.83. The standard InChI is InChI=1S/C14H21FN2O/c1-10-4-5-17(9-14(10)18)8-12-3-2-11(7-16)6-13(12)15/h2-3,6,10,14,18H,4-5,7-9,16H2,1H3. The second-order valence-corrected chi connectivity index (χ2v) is 5.20. The van der Waals surface area contributed by atoms with Crippen molar-refractivity contribution in [1.82, 2.24) is 4.90 Å². The van der Waals surface area contributed by atoms with E-state index in [0.29, 0.717) is 31.1 Å². The molecule has 2 atom stereocenters. The second-order valence-electron chi connectivity index (χ2n) is 5.20. The number of benzene rings is 1. The van der Waals surface area contributed by atoms with Crippen molar-refractivity contribution >= 4 is 0 Å². The highest BCUT2D eigenvalue weighted by Crippen LogP contribution is 2.20. The van der Waals surface area contributed by atoms with Crippen LogP contribution >= 0.6 is 0 Å². The summed E-state index contributed by atoms with van der Waals surface area (Å²) in [7, 11) is 0. The molecule has 0 radical (unpaired) electrons. The van der Waals surface area contributed by atoms with Crippen LogP contribution < -0.4 is 5.73 Å². The summed E-state index contributed by atoms with van der Waals surface area (Å²) in [6.45, 7) is 4.51. The van der Waals surface area contributed by atoms with E-state index in [2.05, 4.69) is 11.8 Å². The number of likely N-dealkylation sites (tertiary alicyclic amines) is 1. The Balaban J connectivity index is 2.01. The molecule has 0 saturated carbocycles. The van der Waals surface area contributed by atoms with Crippen LogP contribution in [0.4, 0.5) is 4.39 Å². The van der Waals surface area contributed by atoms with Gasteiger partial charge in [-0.3, -0.25) is 4.90 Å². The van der Waals surface area contributed by atoms with Gasteiger partial charge in [0.15, 0.2) is 0 Å². The molecule has 100 valence electrons. The van der Waals surface area contributed by atoms with E-state index in [1.54, 1.807) is 6.07 Å². The number of nitrogens with zero attached hydrogens (tertiary/aromatic N) is 1. The molecule has 0 amide bonds. The van der Waals surface area contributed by atoms with Crippen LogP contribution in [0.2, 0.25) is 0 Å². The van der Waals surface area contributed by atoms with Gasteiger partial charge >= 0.3 is 0 Å². The van der Waals surface area contributed by atoms with Crippen LogP contribution in [0.1, 0.15) is 24.5 Å². The van der Waals surface area contributed by atoms with E-state index >= 15 is 0 Å². The van der Waals surface area contributed by atoms with E-state index in [4.69, 9.17) is 5.73 Å². The van der Waals surface area contributed by atoms with Gasteiger partial charge in [-0.1, -0.05) is 19.1 Å². The average Bonchev–Trinajstić information content (AvgIpc) is 2.36. The Morgan fingerprint density at radius 1 is 1.50 bits per heavy atom. The first-order valence-electron chi connectivity index (χ1n) is 6.48. The lowest BCUT2D eigenvalue weighted by molar-refractivity contribution is 0.0255. The molecule has 4 heteroatoms. The number of piperidine rings is 1. The molecule has 2 unspecified atom stereocenters. The molecular formula is C14H21FN2O. The summed E-state index contributed by atoms with van der Waals surface area (Å²) < 4.78 is 13.8. The lowest BCUT2D eigenvalue weighted by Gasteiger charge is -2.34. The van der Waals surface area contributed by atoms with Crippen LogP contribution in [0.3, 0.4) is 0 Å². The van der Waals surface area contributed by atoms with Crippen molar-refractivity contribution in [2.24, 2.45) is 11.7 Å². The van der Waals surface area contributed by atoms with Gasteiger partial charge in [-0.15, -0.1) is 0 Å².